The van der Waals surface area contributed by atoms with E-state index >= 15 is 0 Å². The summed E-state index contributed by atoms with van der Waals surface area (Å²) in [4.78, 5) is 12.1. The number of ether oxygens (including phenoxy) is 1. The second-order valence-electron chi connectivity index (χ2n) is 5.56. The van der Waals surface area contributed by atoms with Crippen molar-refractivity contribution in [2.45, 2.75) is 25.2 Å². The molecule has 0 aliphatic carbocycles. The van der Waals surface area contributed by atoms with Gasteiger partial charge in [-0.3, -0.25) is 9.48 Å². The summed E-state index contributed by atoms with van der Waals surface area (Å²) in [6.45, 7) is 2.33. The maximum atomic E-state index is 12.1. The summed E-state index contributed by atoms with van der Waals surface area (Å²) in [7, 11) is 1.85. The summed E-state index contributed by atoms with van der Waals surface area (Å²) < 4.78 is 7.38. The number of hydrogen-bond acceptors (Lipinski definition) is 3. The minimum Gasteiger partial charge on any atom is -0.493 e. The zero-order valence-corrected chi connectivity index (χ0v) is 12.2. The van der Waals surface area contributed by atoms with Gasteiger partial charge < -0.3 is 9.84 Å². The van der Waals surface area contributed by atoms with E-state index in [0.717, 1.165) is 17.0 Å². The largest absolute Gasteiger partial charge is 0.493 e. The van der Waals surface area contributed by atoms with E-state index in [1.165, 1.54) is 0 Å². The first-order chi connectivity index (χ1) is 10.0. The quantitative estimate of drug-likeness (QED) is 0.938. The third-order valence-electron chi connectivity index (χ3n) is 4.18. The van der Waals surface area contributed by atoms with E-state index in [1.54, 1.807) is 4.68 Å². The average molecular weight is 286 g/mol. The summed E-state index contributed by atoms with van der Waals surface area (Å²) in [5.41, 5.74) is 1.62. The molecule has 1 aromatic carbocycles. The van der Waals surface area contributed by atoms with Crippen LogP contribution in [-0.2, 0) is 23.7 Å². The van der Waals surface area contributed by atoms with E-state index < -0.39 is 11.4 Å². The van der Waals surface area contributed by atoms with E-state index in [-0.39, 0.29) is 0 Å². The van der Waals surface area contributed by atoms with Crippen molar-refractivity contribution in [3.8, 4) is 5.75 Å². The van der Waals surface area contributed by atoms with Gasteiger partial charge in [-0.05, 0) is 19.1 Å². The lowest BCUT2D eigenvalue weighted by Gasteiger charge is -2.35. The molecular weight excluding hydrogens is 268 g/mol. The van der Waals surface area contributed by atoms with Crippen LogP contribution in [-0.4, -0.2) is 27.5 Å². The van der Waals surface area contributed by atoms with Crippen molar-refractivity contribution in [1.82, 2.24) is 9.78 Å². The van der Waals surface area contributed by atoms with Crippen LogP contribution in [0.4, 0.5) is 0 Å². The molecule has 3 rings (SSSR count). The first-order valence-electron chi connectivity index (χ1n) is 6.98. The van der Waals surface area contributed by atoms with Crippen LogP contribution in [0.3, 0.4) is 0 Å². The summed E-state index contributed by atoms with van der Waals surface area (Å²) in [6.07, 6.45) is 0.879. The standard InChI is InChI=1S/C16H18N2O3/c1-11-9-12(18(2)17-11)10-16(15(19)20)7-8-21-14-6-4-3-5-13(14)16/h3-6,9H,7-8,10H2,1-2H3,(H,19,20). The normalized spacial score (nSPS) is 20.7. The molecular formula is C16H18N2O3. The van der Waals surface area contributed by atoms with Gasteiger partial charge in [-0.1, -0.05) is 18.2 Å². The fraction of sp³-hybridized carbons (Fsp3) is 0.375. The highest BCUT2D eigenvalue weighted by Crippen LogP contribution is 2.41. The molecule has 1 aromatic heterocycles. The minimum absolute atomic E-state index is 0.417. The molecule has 0 saturated carbocycles. The molecule has 1 aliphatic heterocycles. The van der Waals surface area contributed by atoms with Crippen molar-refractivity contribution in [2.24, 2.45) is 7.05 Å². The lowest BCUT2D eigenvalue weighted by molar-refractivity contribution is -0.145. The summed E-state index contributed by atoms with van der Waals surface area (Å²) in [5.74, 6) is -0.137. The number of nitrogens with zero attached hydrogens (tertiary/aromatic N) is 2. The van der Waals surface area contributed by atoms with E-state index in [1.807, 2.05) is 44.3 Å². The van der Waals surface area contributed by atoms with Crippen LogP contribution in [0.25, 0.3) is 0 Å². The zero-order valence-electron chi connectivity index (χ0n) is 12.2. The first-order valence-corrected chi connectivity index (χ1v) is 6.98. The Morgan fingerprint density at radius 3 is 2.90 bits per heavy atom. The molecule has 0 saturated heterocycles. The summed E-state index contributed by atoms with van der Waals surface area (Å²) in [5, 5.41) is 14.2. The molecule has 0 spiro atoms. The highest BCUT2D eigenvalue weighted by molar-refractivity contribution is 5.83. The Morgan fingerprint density at radius 2 is 2.24 bits per heavy atom. The topological polar surface area (TPSA) is 64.3 Å². The van der Waals surface area contributed by atoms with Gasteiger partial charge in [0.25, 0.3) is 0 Å². The highest BCUT2D eigenvalue weighted by atomic mass is 16.5. The summed E-state index contributed by atoms with van der Waals surface area (Å²) >= 11 is 0. The number of aromatic nitrogens is 2. The van der Waals surface area contributed by atoms with Crippen LogP contribution in [0.2, 0.25) is 0 Å². The molecule has 0 bridgehead atoms. The van der Waals surface area contributed by atoms with Crippen molar-refractivity contribution in [3.63, 3.8) is 0 Å². The number of carboxylic acid groups (broad SMARTS) is 1. The van der Waals surface area contributed by atoms with Crippen molar-refractivity contribution < 1.29 is 14.6 Å². The number of rotatable bonds is 3. The number of para-hydroxylation sites is 1. The van der Waals surface area contributed by atoms with Crippen molar-refractivity contribution in [3.05, 3.63) is 47.3 Å². The van der Waals surface area contributed by atoms with Gasteiger partial charge in [0.05, 0.1) is 12.3 Å². The smallest absolute Gasteiger partial charge is 0.314 e. The molecule has 2 aromatic rings. The zero-order chi connectivity index (χ0) is 15.0. The Bertz CT molecular complexity index is 693. The van der Waals surface area contributed by atoms with Gasteiger partial charge in [0.1, 0.15) is 11.2 Å². The highest BCUT2D eigenvalue weighted by Gasteiger charge is 2.45. The van der Waals surface area contributed by atoms with Gasteiger partial charge >= 0.3 is 5.97 Å². The Balaban J connectivity index is 2.10. The van der Waals surface area contributed by atoms with Gasteiger partial charge in [0.15, 0.2) is 0 Å². The first kappa shape index (κ1) is 13.7. The minimum atomic E-state index is -0.949. The van der Waals surface area contributed by atoms with Crippen LogP contribution in [0.5, 0.6) is 5.75 Å². The number of hydrogen-bond donors (Lipinski definition) is 1. The lowest BCUT2D eigenvalue weighted by Crippen LogP contribution is -2.42. The van der Waals surface area contributed by atoms with Crippen LogP contribution < -0.4 is 4.74 Å². The fourth-order valence-corrected chi connectivity index (χ4v) is 3.08. The lowest BCUT2D eigenvalue weighted by atomic mass is 9.72. The second-order valence-corrected chi connectivity index (χ2v) is 5.56. The van der Waals surface area contributed by atoms with Gasteiger partial charge in [-0.15, -0.1) is 0 Å². The molecule has 110 valence electrons. The molecule has 1 aliphatic rings. The number of benzene rings is 1. The van der Waals surface area contributed by atoms with E-state index in [0.29, 0.717) is 25.2 Å². The number of carbonyl (C=O) groups is 1. The molecule has 0 fully saturated rings. The van der Waals surface area contributed by atoms with Crippen LogP contribution in [0.15, 0.2) is 30.3 Å². The molecule has 5 nitrogen and oxygen atoms in total. The second kappa shape index (κ2) is 4.91. The average Bonchev–Trinajstić information content (AvgIpc) is 2.77. The molecule has 1 N–H and O–H groups in total. The van der Waals surface area contributed by atoms with Crippen molar-refractivity contribution >= 4 is 5.97 Å². The predicted octanol–water partition coefficient (Wildman–Crippen LogP) is 2.08. The maximum Gasteiger partial charge on any atom is 0.314 e. The Labute approximate surface area is 123 Å². The number of carboxylic acids is 1. The van der Waals surface area contributed by atoms with Crippen LogP contribution in [0.1, 0.15) is 23.4 Å². The van der Waals surface area contributed by atoms with Gasteiger partial charge in [-0.25, -0.2) is 0 Å². The number of aryl methyl sites for hydroxylation is 2. The van der Waals surface area contributed by atoms with Gasteiger partial charge in [-0.2, -0.15) is 5.10 Å². The molecule has 21 heavy (non-hydrogen) atoms. The Hall–Kier alpha value is -2.30. The predicted molar refractivity (Wildman–Crippen MR) is 77.5 cm³/mol. The van der Waals surface area contributed by atoms with E-state index in [4.69, 9.17) is 4.74 Å². The summed E-state index contributed by atoms with van der Waals surface area (Å²) in [6, 6.07) is 9.36. The Kier molecular flexibility index (Phi) is 3.20. The SMILES string of the molecule is Cc1cc(CC2(C(=O)O)CCOc3ccccc32)n(C)n1. The van der Waals surface area contributed by atoms with E-state index in [9.17, 15) is 9.90 Å². The van der Waals surface area contributed by atoms with E-state index in [2.05, 4.69) is 5.10 Å². The van der Waals surface area contributed by atoms with Gasteiger partial charge in [0, 0.05) is 31.1 Å². The van der Waals surface area contributed by atoms with Crippen molar-refractivity contribution in [1.29, 1.82) is 0 Å². The molecule has 1 atom stereocenters. The molecule has 2 heterocycles. The molecule has 5 heteroatoms. The Morgan fingerprint density at radius 1 is 1.48 bits per heavy atom. The van der Waals surface area contributed by atoms with Gasteiger partial charge in [0.2, 0.25) is 0 Å². The number of aliphatic carboxylic acids is 1. The maximum absolute atomic E-state index is 12.1. The van der Waals surface area contributed by atoms with Crippen LogP contribution >= 0.6 is 0 Å². The molecule has 0 radical (unpaired) electrons. The van der Waals surface area contributed by atoms with Crippen LogP contribution in [0, 0.1) is 6.92 Å². The fourth-order valence-electron chi connectivity index (χ4n) is 3.08. The van der Waals surface area contributed by atoms with Crippen molar-refractivity contribution in [2.75, 3.05) is 6.61 Å². The molecule has 0 amide bonds. The monoisotopic (exact) mass is 286 g/mol. The molecule has 1 unspecified atom stereocenters. The third kappa shape index (κ3) is 2.18. The third-order valence-corrected chi connectivity index (χ3v) is 4.18. The number of fused-ring (bicyclic) bond motifs is 1.